The van der Waals surface area contributed by atoms with E-state index in [2.05, 4.69) is 0 Å². The van der Waals surface area contributed by atoms with Crippen LogP contribution in [0.2, 0.25) is 0 Å². The van der Waals surface area contributed by atoms with Gasteiger partial charge in [-0.2, -0.15) is 0 Å². The molecule has 2 aromatic carbocycles. The lowest BCUT2D eigenvalue weighted by molar-refractivity contribution is 0.0547. The maximum absolute atomic E-state index is 14.6. The van der Waals surface area contributed by atoms with E-state index in [-0.39, 0.29) is 29.9 Å². The van der Waals surface area contributed by atoms with E-state index >= 15 is 0 Å². The van der Waals surface area contributed by atoms with E-state index in [0.29, 0.717) is 32.4 Å². The first kappa shape index (κ1) is 20.8. The molecule has 9 heteroatoms. The van der Waals surface area contributed by atoms with E-state index < -0.39 is 29.3 Å². The number of anilines is 1. The number of ether oxygens (including phenoxy) is 1. The van der Waals surface area contributed by atoms with E-state index in [4.69, 9.17) is 10.5 Å². The van der Waals surface area contributed by atoms with Crippen LogP contribution in [0.15, 0.2) is 36.4 Å². The van der Waals surface area contributed by atoms with E-state index in [1.807, 2.05) is 0 Å². The zero-order valence-corrected chi connectivity index (χ0v) is 15.5. The predicted molar refractivity (Wildman–Crippen MR) is 100 cm³/mol. The summed E-state index contributed by atoms with van der Waals surface area (Å²) >= 11 is 0. The smallest absolute Gasteiger partial charge is 0.325 e. The molecule has 1 saturated heterocycles. The molecule has 154 valence electrons. The van der Waals surface area contributed by atoms with Crippen molar-refractivity contribution in [3.63, 3.8) is 0 Å². The van der Waals surface area contributed by atoms with E-state index in [9.17, 15) is 22.8 Å². The van der Waals surface area contributed by atoms with Crippen molar-refractivity contribution >= 4 is 17.5 Å². The van der Waals surface area contributed by atoms with Crippen LogP contribution >= 0.6 is 0 Å². The number of nitrogens with two attached hydrogens (primary N) is 1. The second-order valence-electron chi connectivity index (χ2n) is 6.50. The van der Waals surface area contributed by atoms with Crippen LogP contribution in [-0.4, -0.2) is 49.6 Å². The highest BCUT2D eigenvalue weighted by Crippen LogP contribution is 2.25. The summed E-state index contributed by atoms with van der Waals surface area (Å²) in [5, 5.41) is 0. The van der Waals surface area contributed by atoms with Crippen molar-refractivity contribution in [1.29, 1.82) is 0 Å². The molecule has 0 radical (unpaired) electrons. The number of nitrogens with zero attached hydrogens (tertiary/aromatic N) is 2. The van der Waals surface area contributed by atoms with Crippen molar-refractivity contribution < 1.29 is 27.5 Å². The van der Waals surface area contributed by atoms with Crippen LogP contribution in [0, 0.1) is 17.5 Å². The van der Waals surface area contributed by atoms with Gasteiger partial charge in [0.2, 0.25) is 0 Å². The van der Waals surface area contributed by atoms with Crippen LogP contribution in [0.5, 0.6) is 0 Å². The van der Waals surface area contributed by atoms with E-state index in [1.54, 1.807) is 0 Å². The number of carbonyl (C=O) groups excluding carboxylic acids is 2. The number of carbonyl (C=O) groups is 2. The molecule has 0 unspecified atom stereocenters. The highest BCUT2D eigenvalue weighted by molar-refractivity contribution is 5.97. The average molecular weight is 407 g/mol. The number of Topliss-reactive ketones (excluding diaryl/α,β-unsaturated/α-hetero) is 1. The lowest BCUT2D eigenvalue weighted by Crippen LogP contribution is -2.48. The molecule has 29 heavy (non-hydrogen) atoms. The summed E-state index contributed by atoms with van der Waals surface area (Å²) in [6, 6.07) is 6.04. The van der Waals surface area contributed by atoms with Crippen molar-refractivity contribution in [2.24, 2.45) is 5.73 Å². The standard InChI is InChI=1S/C20H20F3N3O3/c21-15-3-4-18(17(23)10-15)26(20(28)25-5-7-29-8-6-25)12-14-2-1-13(9-16(14)22)19(27)11-24/h1-4,9-10H,5-8,11-12,24H2. The van der Waals surface area contributed by atoms with Gasteiger partial charge in [-0.05, 0) is 18.2 Å². The van der Waals surface area contributed by atoms with Gasteiger partial charge < -0.3 is 15.4 Å². The zero-order valence-electron chi connectivity index (χ0n) is 15.5. The summed E-state index contributed by atoms with van der Waals surface area (Å²) in [5.74, 6) is -2.89. The van der Waals surface area contributed by atoms with Gasteiger partial charge in [0, 0.05) is 30.3 Å². The third-order valence-corrected chi connectivity index (χ3v) is 4.60. The van der Waals surface area contributed by atoms with Gasteiger partial charge in [0.25, 0.3) is 0 Å². The largest absolute Gasteiger partial charge is 0.378 e. The maximum atomic E-state index is 14.6. The molecule has 0 saturated carbocycles. The predicted octanol–water partition coefficient (Wildman–Crippen LogP) is 2.70. The van der Waals surface area contributed by atoms with Crippen LogP contribution in [0.3, 0.4) is 0 Å². The molecule has 1 fully saturated rings. The minimum Gasteiger partial charge on any atom is -0.378 e. The Morgan fingerprint density at radius 1 is 1.03 bits per heavy atom. The van der Waals surface area contributed by atoms with Gasteiger partial charge in [0.15, 0.2) is 5.78 Å². The molecule has 2 aromatic rings. The fourth-order valence-electron chi connectivity index (χ4n) is 3.02. The van der Waals surface area contributed by atoms with Gasteiger partial charge in [0.1, 0.15) is 17.5 Å². The van der Waals surface area contributed by atoms with Crippen LogP contribution in [-0.2, 0) is 11.3 Å². The molecule has 1 aliphatic heterocycles. The van der Waals surface area contributed by atoms with Crippen molar-refractivity contribution in [2.45, 2.75) is 6.54 Å². The molecular weight excluding hydrogens is 387 g/mol. The van der Waals surface area contributed by atoms with Crippen molar-refractivity contribution in [2.75, 3.05) is 37.7 Å². The Hall–Kier alpha value is -2.91. The summed E-state index contributed by atoms with van der Waals surface area (Å²) in [6.07, 6.45) is 0. The topological polar surface area (TPSA) is 75.9 Å². The molecule has 2 amide bonds. The molecular formula is C20H20F3N3O3. The van der Waals surface area contributed by atoms with Gasteiger partial charge in [0.05, 0.1) is 32.0 Å². The third kappa shape index (κ3) is 4.75. The van der Waals surface area contributed by atoms with Crippen LogP contribution in [0.4, 0.5) is 23.7 Å². The summed E-state index contributed by atoms with van der Waals surface area (Å²) in [4.78, 5) is 27.2. The highest BCUT2D eigenvalue weighted by Gasteiger charge is 2.27. The third-order valence-electron chi connectivity index (χ3n) is 4.60. The van der Waals surface area contributed by atoms with Crippen molar-refractivity contribution in [3.8, 4) is 0 Å². The van der Waals surface area contributed by atoms with Crippen LogP contribution in [0.1, 0.15) is 15.9 Å². The molecule has 0 atom stereocenters. The van der Waals surface area contributed by atoms with Crippen molar-refractivity contribution in [1.82, 2.24) is 4.90 Å². The Kier molecular flexibility index (Phi) is 6.50. The van der Waals surface area contributed by atoms with Gasteiger partial charge >= 0.3 is 6.03 Å². The second-order valence-corrected chi connectivity index (χ2v) is 6.50. The first-order valence-corrected chi connectivity index (χ1v) is 9.01. The first-order valence-electron chi connectivity index (χ1n) is 9.01. The minimum absolute atomic E-state index is 0.0731. The van der Waals surface area contributed by atoms with Gasteiger partial charge in [-0.1, -0.05) is 12.1 Å². The second kappa shape index (κ2) is 9.06. The lowest BCUT2D eigenvalue weighted by Gasteiger charge is -2.33. The Balaban J connectivity index is 1.94. The maximum Gasteiger partial charge on any atom is 0.325 e. The van der Waals surface area contributed by atoms with E-state index in [0.717, 1.165) is 23.1 Å². The summed E-state index contributed by atoms with van der Waals surface area (Å²) in [6.45, 7) is 0.684. The Labute approximate surface area is 165 Å². The quantitative estimate of drug-likeness (QED) is 0.774. The summed E-state index contributed by atoms with van der Waals surface area (Å²) < 4.78 is 47.6. The molecule has 0 aliphatic carbocycles. The minimum atomic E-state index is -0.943. The monoisotopic (exact) mass is 407 g/mol. The number of rotatable bonds is 5. The highest BCUT2D eigenvalue weighted by atomic mass is 19.1. The molecule has 3 rings (SSSR count). The molecule has 0 bridgehead atoms. The Bertz CT molecular complexity index is 917. The summed E-state index contributed by atoms with van der Waals surface area (Å²) in [7, 11) is 0. The molecule has 6 nitrogen and oxygen atoms in total. The molecule has 2 N–H and O–H groups in total. The Morgan fingerprint density at radius 3 is 2.38 bits per heavy atom. The number of benzene rings is 2. The van der Waals surface area contributed by atoms with Gasteiger partial charge in [-0.15, -0.1) is 0 Å². The molecule has 1 aliphatic rings. The number of hydrogen-bond acceptors (Lipinski definition) is 4. The number of halogens is 3. The molecule has 0 aromatic heterocycles. The first-order chi connectivity index (χ1) is 13.9. The lowest BCUT2D eigenvalue weighted by atomic mass is 10.1. The van der Waals surface area contributed by atoms with Crippen LogP contribution < -0.4 is 10.6 Å². The summed E-state index contributed by atoms with van der Waals surface area (Å²) in [5.41, 5.74) is 5.29. The van der Waals surface area contributed by atoms with Crippen molar-refractivity contribution in [3.05, 3.63) is 65.0 Å². The average Bonchev–Trinajstić information content (AvgIpc) is 2.73. The normalized spacial score (nSPS) is 14.0. The number of urea groups is 1. The van der Waals surface area contributed by atoms with Gasteiger partial charge in [-0.3, -0.25) is 9.69 Å². The fraction of sp³-hybridized carbons (Fsp3) is 0.300. The zero-order chi connectivity index (χ0) is 21.0. The number of morpholine rings is 1. The van der Waals surface area contributed by atoms with Gasteiger partial charge in [-0.25, -0.2) is 18.0 Å². The number of ketones is 1. The number of amides is 2. The number of hydrogen-bond donors (Lipinski definition) is 1. The Morgan fingerprint density at radius 2 is 1.76 bits per heavy atom. The SMILES string of the molecule is NCC(=O)c1ccc(CN(C(=O)N2CCOCC2)c2ccc(F)cc2F)c(F)c1. The van der Waals surface area contributed by atoms with E-state index in [1.165, 1.54) is 17.0 Å². The molecule has 0 spiro atoms. The van der Waals surface area contributed by atoms with Crippen LogP contribution in [0.25, 0.3) is 0 Å². The fourth-order valence-corrected chi connectivity index (χ4v) is 3.02. The molecule has 1 heterocycles.